The van der Waals surface area contributed by atoms with Crippen LogP contribution in [0.3, 0.4) is 0 Å². The Kier molecular flexibility index (Phi) is 8.65. The fourth-order valence-corrected chi connectivity index (χ4v) is 4.29. The van der Waals surface area contributed by atoms with Gasteiger partial charge in [-0.2, -0.15) is 0 Å². The van der Waals surface area contributed by atoms with Gasteiger partial charge in [0.2, 0.25) is 21.8 Å². The molecule has 1 N–H and O–H groups in total. The van der Waals surface area contributed by atoms with Crippen molar-refractivity contribution in [3.63, 3.8) is 0 Å². The van der Waals surface area contributed by atoms with Gasteiger partial charge < -0.3 is 15.0 Å². The number of methoxy groups -OCH3 is 1. The Labute approximate surface area is 190 Å². The summed E-state index contributed by atoms with van der Waals surface area (Å²) in [5.74, 6) is -0.210. The Morgan fingerprint density at radius 3 is 2.41 bits per heavy atom. The van der Waals surface area contributed by atoms with E-state index in [0.717, 1.165) is 21.7 Å². The number of anilines is 1. The number of ether oxygens (including phenoxy) is 1. The zero-order chi connectivity index (χ0) is 23.9. The Balaban J connectivity index is 2.42. The summed E-state index contributed by atoms with van der Waals surface area (Å²) < 4.78 is 31.6. The molecule has 2 rings (SSSR count). The van der Waals surface area contributed by atoms with E-state index in [9.17, 15) is 18.0 Å². The van der Waals surface area contributed by atoms with E-state index in [1.807, 2.05) is 25.1 Å². The number of hydrogen-bond donors (Lipinski definition) is 1. The first kappa shape index (κ1) is 25.2. The molecule has 0 fully saturated rings. The van der Waals surface area contributed by atoms with Crippen LogP contribution >= 0.6 is 0 Å². The van der Waals surface area contributed by atoms with E-state index in [-0.39, 0.29) is 12.5 Å². The number of rotatable bonds is 10. The van der Waals surface area contributed by atoms with Gasteiger partial charge in [0.25, 0.3) is 0 Å². The number of benzene rings is 2. The van der Waals surface area contributed by atoms with Gasteiger partial charge in [-0.05, 0) is 42.7 Å². The van der Waals surface area contributed by atoms with Crippen LogP contribution in [0.15, 0.2) is 48.5 Å². The molecule has 1 atom stereocenters. The third-order valence-corrected chi connectivity index (χ3v) is 6.35. The van der Waals surface area contributed by atoms with Crippen LogP contribution in [-0.4, -0.2) is 58.1 Å². The predicted octanol–water partition coefficient (Wildman–Crippen LogP) is 2.19. The van der Waals surface area contributed by atoms with Gasteiger partial charge in [0.15, 0.2) is 0 Å². The highest BCUT2D eigenvalue weighted by Crippen LogP contribution is 2.24. The van der Waals surface area contributed by atoms with Crippen LogP contribution in [0.2, 0.25) is 0 Å². The average Bonchev–Trinajstić information content (AvgIpc) is 2.79. The van der Waals surface area contributed by atoms with Crippen molar-refractivity contribution >= 4 is 27.5 Å². The molecular formula is C23H31N3O5S. The fourth-order valence-electron chi connectivity index (χ4n) is 3.41. The second-order valence-corrected chi connectivity index (χ2v) is 9.32. The van der Waals surface area contributed by atoms with E-state index in [2.05, 4.69) is 5.32 Å². The fraction of sp³-hybridized carbons (Fsp3) is 0.391. The van der Waals surface area contributed by atoms with Gasteiger partial charge in [0.05, 0.1) is 19.1 Å². The summed E-state index contributed by atoms with van der Waals surface area (Å²) in [6.07, 6.45) is 1.68. The molecule has 0 heterocycles. The van der Waals surface area contributed by atoms with Crippen molar-refractivity contribution in [1.29, 1.82) is 0 Å². The van der Waals surface area contributed by atoms with Crippen molar-refractivity contribution in [3.8, 4) is 5.75 Å². The van der Waals surface area contributed by atoms with Crippen molar-refractivity contribution in [2.75, 3.05) is 31.3 Å². The van der Waals surface area contributed by atoms with Gasteiger partial charge in [-0.1, -0.05) is 37.3 Å². The van der Waals surface area contributed by atoms with Crippen LogP contribution in [0.25, 0.3) is 0 Å². The predicted molar refractivity (Wildman–Crippen MR) is 125 cm³/mol. The standard InChI is InChI=1S/C23H31N3O5S/c1-6-19-11-7-8-13-21(19)26(32(5,29)30)16-22(27)25(17(2)23(28)24-3)15-18-10-9-12-20(14-18)31-4/h7-14,17H,6,15-16H2,1-5H3,(H,24,28). The maximum Gasteiger partial charge on any atom is 0.244 e. The molecule has 0 aromatic heterocycles. The Hall–Kier alpha value is -3.07. The molecule has 9 heteroatoms. The number of amides is 2. The smallest absolute Gasteiger partial charge is 0.244 e. The molecule has 0 aliphatic heterocycles. The number of hydrogen-bond acceptors (Lipinski definition) is 5. The number of carbonyl (C=O) groups is 2. The summed E-state index contributed by atoms with van der Waals surface area (Å²) in [5, 5.41) is 2.55. The van der Waals surface area contributed by atoms with Gasteiger partial charge in [0, 0.05) is 13.6 Å². The Morgan fingerprint density at radius 1 is 1.12 bits per heavy atom. The van der Waals surface area contributed by atoms with E-state index < -0.39 is 28.5 Å². The van der Waals surface area contributed by atoms with Crippen LogP contribution in [0.1, 0.15) is 25.0 Å². The highest BCUT2D eigenvalue weighted by Gasteiger charge is 2.30. The molecule has 2 aromatic rings. The van der Waals surface area contributed by atoms with Crippen molar-refractivity contribution in [3.05, 3.63) is 59.7 Å². The lowest BCUT2D eigenvalue weighted by atomic mass is 10.1. The van der Waals surface area contributed by atoms with Gasteiger partial charge in [-0.15, -0.1) is 0 Å². The zero-order valence-corrected chi connectivity index (χ0v) is 20.0. The molecule has 8 nitrogen and oxygen atoms in total. The van der Waals surface area contributed by atoms with Crippen molar-refractivity contribution in [2.24, 2.45) is 0 Å². The molecule has 2 aromatic carbocycles. The van der Waals surface area contributed by atoms with Crippen LogP contribution < -0.4 is 14.4 Å². The van der Waals surface area contributed by atoms with Crippen molar-refractivity contribution in [1.82, 2.24) is 10.2 Å². The summed E-state index contributed by atoms with van der Waals surface area (Å²) in [4.78, 5) is 27.1. The van der Waals surface area contributed by atoms with E-state index in [4.69, 9.17) is 4.74 Å². The van der Waals surface area contributed by atoms with Crippen LogP contribution in [0.4, 0.5) is 5.69 Å². The zero-order valence-electron chi connectivity index (χ0n) is 19.2. The minimum atomic E-state index is -3.75. The molecular weight excluding hydrogens is 430 g/mol. The highest BCUT2D eigenvalue weighted by atomic mass is 32.2. The minimum Gasteiger partial charge on any atom is -0.497 e. The SMILES string of the molecule is CCc1ccccc1N(CC(=O)N(Cc1cccc(OC)c1)C(C)C(=O)NC)S(C)(=O)=O. The van der Waals surface area contributed by atoms with Gasteiger partial charge in [0.1, 0.15) is 18.3 Å². The number of likely N-dealkylation sites (N-methyl/N-ethyl adjacent to an activating group) is 1. The molecule has 1 unspecified atom stereocenters. The lowest BCUT2D eigenvalue weighted by molar-refractivity contribution is -0.139. The maximum absolute atomic E-state index is 13.4. The number of sulfonamides is 1. The normalized spacial score (nSPS) is 12.0. The van der Waals surface area contributed by atoms with Gasteiger partial charge >= 0.3 is 0 Å². The third-order valence-electron chi connectivity index (χ3n) is 5.22. The molecule has 0 radical (unpaired) electrons. The monoisotopic (exact) mass is 461 g/mol. The van der Waals surface area contributed by atoms with Crippen molar-refractivity contribution in [2.45, 2.75) is 32.9 Å². The van der Waals surface area contributed by atoms with Crippen molar-refractivity contribution < 1.29 is 22.7 Å². The lowest BCUT2D eigenvalue weighted by Gasteiger charge is -2.31. The molecule has 2 amide bonds. The average molecular weight is 462 g/mol. The summed E-state index contributed by atoms with van der Waals surface area (Å²) in [7, 11) is -0.710. The van der Waals surface area contributed by atoms with E-state index in [1.54, 1.807) is 44.4 Å². The number of nitrogens with one attached hydrogen (secondary N) is 1. The molecule has 0 bridgehead atoms. The summed E-state index contributed by atoms with van der Waals surface area (Å²) in [6.45, 7) is 3.24. The van der Waals surface area contributed by atoms with Crippen LogP contribution in [-0.2, 0) is 32.6 Å². The first-order valence-corrected chi connectivity index (χ1v) is 12.2. The molecule has 0 spiro atoms. The number of para-hydroxylation sites is 1. The van der Waals surface area contributed by atoms with Gasteiger partial charge in [-0.3, -0.25) is 13.9 Å². The third kappa shape index (κ3) is 6.23. The second kappa shape index (κ2) is 11.0. The Bertz CT molecular complexity index is 1060. The summed E-state index contributed by atoms with van der Waals surface area (Å²) in [6, 6.07) is 13.4. The summed E-state index contributed by atoms with van der Waals surface area (Å²) in [5.41, 5.74) is 2.03. The van der Waals surface area contributed by atoms with Gasteiger partial charge in [-0.25, -0.2) is 8.42 Å². The Morgan fingerprint density at radius 2 is 1.81 bits per heavy atom. The maximum atomic E-state index is 13.4. The summed E-state index contributed by atoms with van der Waals surface area (Å²) >= 11 is 0. The molecule has 0 saturated carbocycles. The molecule has 32 heavy (non-hydrogen) atoms. The van der Waals surface area contributed by atoms with E-state index >= 15 is 0 Å². The first-order chi connectivity index (χ1) is 15.1. The van der Waals surface area contributed by atoms with E-state index in [0.29, 0.717) is 17.9 Å². The molecule has 0 saturated heterocycles. The number of aryl methyl sites for hydroxylation is 1. The van der Waals surface area contributed by atoms with Crippen LogP contribution in [0.5, 0.6) is 5.75 Å². The highest BCUT2D eigenvalue weighted by molar-refractivity contribution is 7.92. The second-order valence-electron chi connectivity index (χ2n) is 7.42. The number of nitrogens with zero attached hydrogens (tertiary/aromatic N) is 2. The minimum absolute atomic E-state index is 0.123. The first-order valence-electron chi connectivity index (χ1n) is 10.3. The number of carbonyl (C=O) groups excluding carboxylic acids is 2. The molecule has 174 valence electrons. The quantitative estimate of drug-likeness (QED) is 0.585. The largest absolute Gasteiger partial charge is 0.497 e. The topological polar surface area (TPSA) is 96.0 Å². The van der Waals surface area contributed by atoms with Crippen LogP contribution in [0, 0.1) is 0 Å². The van der Waals surface area contributed by atoms with E-state index in [1.165, 1.54) is 11.9 Å². The molecule has 0 aliphatic carbocycles. The molecule has 0 aliphatic rings. The lowest BCUT2D eigenvalue weighted by Crippen LogP contribution is -2.50.